The van der Waals surface area contributed by atoms with E-state index in [1.807, 2.05) is 6.07 Å². The number of hydrogen-bond acceptors (Lipinski definition) is 5. The van der Waals surface area contributed by atoms with E-state index in [9.17, 15) is 5.26 Å². The molecule has 0 aromatic heterocycles. The van der Waals surface area contributed by atoms with Crippen LogP contribution in [0.1, 0.15) is 57.8 Å². The minimum Gasteiger partial charge on any atom is -0.198 e. The van der Waals surface area contributed by atoms with Crippen LogP contribution in [0.25, 0.3) is 0 Å². The molecule has 0 saturated heterocycles. The monoisotopic (exact) mass is 295 g/mol. The van der Waals surface area contributed by atoms with Gasteiger partial charge in [-0.3, -0.25) is 0 Å². The summed E-state index contributed by atoms with van der Waals surface area (Å²) in [5.41, 5.74) is 0. The Hall–Kier alpha value is -2.55. The summed E-state index contributed by atoms with van der Waals surface area (Å²) in [5, 5.41) is 44.3. The van der Waals surface area contributed by atoms with Gasteiger partial charge in [-0.2, -0.15) is 26.3 Å². The molecule has 0 heterocycles. The zero-order valence-corrected chi connectivity index (χ0v) is 12.8. The number of unbranched alkanes of at least 4 members (excludes halogenated alkanes) is 1. The molecule has 0 aliphatic rings. The first-order valence-corrected chi connectivity index (χ1v) is 7.64. The maximum absolute atomic E-state index is 9.18. The lowest BCUT2D eigenvalue weighted by Crippen LogP contribution is -2.06. The van der Waals surface area contributed by atoms with E-state index in [4.69, 9.17) is 21.0 Å². The van der Waals surface area contributed by atoms with E-state index < -0.39 is 0 Å². The van der Waals surface area contributed by atoms with Crippen molar-refractivity contribution in [3.05, 3.63) is 0 Å². The van der Waals surface area contributed by atoms with Crippen molar-refractivity contribution >= 4 is 0 Å². The molecule has 3 unspecified atom stereocenters. The molecule has 22 heavy (non-hydrogen) atoms. The Morgan fingerprint density at radius 3 is 1.32 bits per heavy atom. The standard InChI is InChI=1S/C17H21N5/c18-10-2-1-4-15(12-20)6-8-17(14-22)9-7-16(13-21)5-3-11-19/h15-17H,1-9H2. The molecule has 0 N–H and O–H groups in total. The summed E-state index contributed by atoms with van der Waals surface area (Å²) in [4.78, 5) is 0. The van der Waals surface area contributed by atoms with E-state index in [1.165, 1.54) is 0 Å². The number of nitriles is 5. The van der Waals surface area contributed by atoms with Gasteiger partial charge in [0.1, 0.15) is 0 Å². The molecular formula is C17H21N5. The highest BCUT2D eigenvalue weighted by Crippen LogP contribution is 2.23. The van der Waals surface area contributed by atoms with Gasteiger partial charge < -0.3 is 0 Å². The van der Waals surface area contributed by atoms with E-state index in [0.29, 0.717) is 51.4 Å². The summed E-state index contributed by atoms with van der Waals surface area (Å²) in [6.07, 6.45) is 5.38. The molecule has 0 aliphatic carbocycles. The Kier molecular flexibility index (Phi) is 11.9. The van der Waals surface area contributed by atoms with Gasteiger partial charge in [0.2, 0.25) is 0 Å². The third-order valence-electron chi connectivity index (χ3n) is 3.72. The molecule has 0 amide bonds. The second-order valence-corrected chi connectivity index (χ2v) is 5.38. The molecule has 0 fully saturated rings. The lowest BCUT2D eigenvalue weighted by molar-refractivity contribution is 0.421. The lowest BCUT2D eigenvalue weighted by Gasteiger charge is -2.13. The third kappa shape index (κ3) is 9.37. The van der Waals surface area contributed by atoms with Crippen molar-refractivity contribution in [2.45, 2.75) is 57.8 Å². The SMILES string of the molecule is N#CCCCC(C#N)CCC(C#N)CCC(C#N)CCC#N. The molecule has 0 aliphatic heterocycles. The number of rotatable bonds is 11. The van der Waals surface area contributed by atoms with Gasteiger partial charge in [-0.25, -0.2) is 0 Å². The Bertz CT molecular complexity index is 506. The highest BCUT2D eigenvalue weighted by Gasteiger charge is 2.15. The topological polar surface area (TPSA) is 119 Å². The van der Waals surface area contributed by atoms with Crippen molar-refractivity contribution in [3.8, 4) is 30.3 Å². The van der Waals surface area contributed by atoms with Crippen LogP contribution in [0.2, 0.25) is 0 Å². The summed E-state index contributed by atoms with van der Waals surface area (Å²) in [6, 6.07) is 10.8. The smallest absolute Gasteiger partial charge is 0.0656 e. The second kappa shape index (κ2) is 13.4. The van der Waals surface area contributed by atoms with Crippen molar-refractivity contribution in [3.63, 3.8) is 0 Å². The summed E-state index contributed by atoms with van der Waals surface area (Å²) in [5.74, 6) is -0.419. The Labute approximate surface area is 133 Å². The van der Waals surface area contributed by atoms with Gasteiger partial charge in [-0.1, -0.05) is 0 Å². The highest BCUT2D eigenvalue weighted by molar-refractivity contribution is 4.91. The predicted octanol–water partition coefficient (Wildman–Crippen LogP) is 3.96. The fourth-order valence-electron chi connectivity index (χ4n) is 2.29. The third-order valence-corrected chi connectivity index (χ3v) is 3.72. The molecule has 5 nitrogen and oxygen atoms in total. The fraction of sp³-hybridized carbons (Fsp3) is 0.706. The summed E-state index contributed by atoms with van der Waals surface area (Å²) >= 11 is 0. The van der Waals surface area contributed by atoms with Crippen LogP contribution in [-0.4, -0.2) is 0 Å². The second-order valence-electron chi connectivity index (χ2n) is 5.38. The maximum Gasteiger partial charge on any atom is 0.0656 e. The Balaban J connectivity index is 4.13. The van der Waals surface area contributed by atoms with Gasteiger partial charge >= 0.3 is 0 Å². The fourth-order valence-corrected chi connectivity index (χ4v) is 2.29. The summed E-state index contributed by atoms with van der Waals surface area (Å²) < 4.78 is 0. The lowest BCUT2D eigenvalue weighted by atomic mass is 9.88. The molecule has 0 rings (SSSR count). The van der Waals surface area contributed by atoms with Crippen molar-refractivity contribution < 1.29 is 0 Å². The largest absolute Gasteiger partial charge is 0.198 e. The van der Waals surface area contributed by atoms with Gasteiger partial charge in [0, 0.05) is 30.6 Å². The average Bonchev–Trinajstić information content (AvgIpc) is 2.55. The molecule has 114 valence electrons. The first-order valence-electron chi connectivity index (χ1n) is 7.64. The molecule has 3 atom stereocenters. The van der Waals surface area contributed by atoms with Crippen molar-refractivity contribution in [2.75, 3.05) is 0 Å². The van der Waals surface area contributed by atoms with Crippen molar-refractivity contribution in [1.82, 2.24) is 0 Å². The van der Waals surface area contributed by atoms with Crippen molar-refractivity contribution in [2.24, 2.45) is 17.8 Å². The molecule has 0 aromatic carbocycles. The first-order chi connectivity index (χ1) is 10.7. The molecule has 0 aromatic rings. The zero-order chi connectivity index (χ0) is 16.6. The van der Waals surface area contributed by atoms with Crippen molar-refractivity contribution in [1.29, 1.82) is 26.3 Å². The summed E-state index contributed by atoms with van der Waals surface area (Å²) in [6.45, 7) is 0. The van der Waals surface area contributed by atoms with Gasteiger partial charge in [0.05, 0.1) is 30.3 Å². The van der Waals surface area contributed by atoms with Crippen LogP contribution >= 0.6 is 0 Å². The number of nitrogens with zero attached hydrogens (tertiary/aromatic N) is 5. The zero-order valence-electron chi connectivity index (χ0n) is 12.8. The van der Waals surface area contributed by atoms with Gasteiger partial charge in [0.15, 0.2) is 0 Å². The normalized spacial score (nSPS) is 13.4. The minimum atomic E-state index is -0.169. The highest BCUT2D eigenvalue weighted by atomic mass is 14.3. The summed E-state index contributed by atoms with van der Waals surface area (Å²) in [7, 11) is 0. The predicted molar refractivity (Wildman–Crippen MR) is 80.1 cm³/mol. The van der Waals surface area contributed by atoms with E-state index >= 15 is 0 Å². The molecule has 0 spiro atoms. The van der Waals surface area contributed by atoms with Crippen LogP contribution in [0.3, 0.4) is 0 Å². The molecule has 5 heteroatoms. The van der Waals surface area contributed by atoms with Crippen LogP contribution in [-0.2, 0) is 0 Å². The minimum absolute atomic E-state index is 0.102. The van der Waals surface area contributed by atoms with Crippen LogP contribution < -0.4 is 0 Å². The van der Waals surface area contributed by atoms with Gasteiger partial charge in [-0.05, 0) is 44.9 Å². The van der Waals surface area contributed by atoms with Gasteiger partial charge in [-0.15, -0.1) is 0 Å². The quantitative estimate of drug-likeness (QED) is 0.534. The number of hydrogen-bond donors (Lipinski definition) is 0. The van der Waals surface area contributed by atoms with Crippen LogP contribution in [0.4, 0.5) is 0 Å². The van der Waals surface area contributed by atoms with E-state index in [-0.39, 0.29) is 17.8 Å². The molecule has 0 saturated carbocycles. The average molecular weight is 295 g/mol. The molecular weight excluding hydrogens is 274 g/mol. The Morgan fingerprint density at radius 1 is 0.500 bits per heavy atom. The molecule has 0 radical (unpaired) electrons. The first kappa shape index (κ1) is 19.4. The van der Waals surface area contributed by atoms with Gasteiger partial charge in [0.25, 0.3) is 0 Å². The Morgan fingerprint density at radius 2 is 0.909 bits per heavy atom. The van der Waals surface area contributed by atoms with E-state index in [2.05, 4.69) is 24.3 Å². The van der Waals surface area contributed by atoms with E-state index in [0.717, 1.165) is 6.42 Å². The molecule has 0 bridgehead atoms. The van der Waals surface area contributed by atoms with Crippen LogP contribution in [0.15, 0.2) is 0 Å². The van der Waals surface area contributed by atoms with Crippen LogP contribution in [0.5, 0.6) is 0 Å². The van der Waals surface area contributed by atoms with Crippen LogP contribution in [0, 0.1) is 74.4 Å². The van der Waals surface area contributed by atoms with E-state index in [1.54, 1.807) is 0 Å². The maximum atomic E-state index is 9.18.